The Morgan fingerprint density at radius 2 is 2.27 bits per heavy atom. The molecule has 0 aromatic carbocycles. The molecule has 0 saturated heterocycles. The van der Waals surface area contributed by atoms with Crippen LogP contribution in [-0.2, 0) is 9.59 Å². The Bertz CT molecular complexity index is 257. The molecule has 0 rings (SSSR count). The molecule has 0 radical (unpaired) electrons. The summed E-state index contributed by atoms with van der Waals surface area (Å²) in [6.07, 6.45) is 0. The van der Waals surface area contributed by atoms with E-state index >= 15 is 0 Å². The Morgan fingerprint density at radius 1 is 1.73 bits per heavy atom. The molecule has 4 N–H and O–H groups in total. The first kappa shape index (κ1) is 5.84. The van der Waals surface area contributed by atoms with Gasteiger partial charge in [-0.15, -0.1) is 11.8 Å². The Labute approximate surface area is 71.8 Å². The van der Waals surface area contributed by atoms with Gasteiger partial charge in [-0.1, -0.05) is 0 Å². The number of carboxylic acids is 2. The molecule has 6 heteroatoms. The summed E-state index contributed by atoms with van der Waals surface area (Å²) in [5.74, 6) is -3.81. The maximum absolute atomic E-state index is 10.4. The lowest BCUT2D eigenvalue weighted by Gasteiger charge is -2.02. The van der Waals surface area contributed by atoms with Crippen LogP contribution in [0.1, 0.15) is 4.11 Å². The minimum atomic E-state index is -2.87. The average Bonchev–Trinajstić information content (AvgIpc) is 2.00. The number of carbonyl (C=O) groups is 2. The average molecular weight is 182 g/mol. The van der Waals surface area contributed by atoms with Gasteiger partial charge in [-0.25, -0.2) is 0 Å². The number of hydrogen-bond acceptors (Lipinski definition) is 4. The van der Waals surface area contributed by atoms with E-state index in [0.717, 1.165) is 0 Å². The van der Waals surface area contributed by atoms with Crippen molar-refractivity contribution in [1.29, 1.82) is 0 Å². The summed E-state index contributed by atoms with van der Waals surface area (Å²) in [5.41, 5.74) is 2.23. The van der Waals surface area contributed by atoms with Gasteiger partial charge in [0.15, 0.2) is 0 Å². The monoisotopic (exact) mass is 182 g/mol. The fourth-order valence-electron chi connectivity index (χ4n) is 0.219. The molecule has 0 amide bonds. The number of aliphatic carboxylic acids is 2. The zero-order valence-electron chi connectivity index (χ0n) is 8.40. The lowest BCUT2D eigenvalue weighted by Crippen LogP contribution is -2.32. The first-order chi connectivity index (χ1) is 6.11. The zero-order valence-corrected chi connectivity index (χ0v) is 6.22. The smallest absolute Gasteiger partial charge is 0.321 e. The van der Waals surface area contributed by atoms with Crippen LogP contribution in [0.25, 0.3) is 0 Å². The second kappa shape index (κ2) is 4.97. The summed E-state index contributed by atoms with van der Waals surface area (Å²) in [4.78, 5) is 20.5. The van der Waals surface area contributed by atoms with Crippen molar-refractivity contribution < 1.29 is 23.9 Å². The lowest BCUT2D eigenvalue weighted by molar-refractivity contribution is -0.138. The van der Waals surface area contributed by atoms with E-state index in [2.05, 4.69) is 0 Å². The summed E-state index contributed by atoms with van der Waals surface area (Å²) in [6.45, 7) is 0. The van der Waals surface area contributed by atoms with Crippen LogP contribution in [0.15, 0.2) is 0 Å². The van der Waals surface area contributed by atoms with Crippen molar-refractivity contribution in [2.75, 3.05) is 11.5 Å². The van der Waals surface area contributed by atoms with Crippen LogP contribution < -0.4 is 5.73 Å². The van der Waals surface area contributed by atoms with Crippen molar-refractivity contribution in [1.82, 2.24) is 0 Å². The minimum absolute atomic E-state index is 0.163. The molecule has 0 aliphatic heterocycles. The van der Waals surface area contributed by atoms with Gasteiger partial charge in [0, 0.05) is 8.45 Å². The minimum Gasteiger partial charge on any atom is -0.481 e. The molecular formula is C5H9NO4S. The molecule has 0 fully saturated rings. The molecule has 0 heterocycles. The van der Waals surface area contributed by atoms with Crippen LogP contribution in [0.2, 0.25) is 0 Å². The van der Waals surface area contributed by atoms with Gasteiger partial charge >= 0.3 is 11.9 Å². The quantitative estimate of drug-likeness (QED) is 0.515. The van der Waals surface area contributed by atoms with E-state index in [1.807, 2.05) is 0 Å². The summed E-state index contributed by atoms with van der Waals surface area (Å²) >= 11 is 0.163. The maximum Gasteiger partial charge on any atom is 0.321 e. The van der Waals surface area contributed by atoms with E-state index < -0.39 is 29.4 Å². The number of carboxylic acid groups (broad SMARTS) is 2. The highest BCUT2D eigenvalue weighted by molar-refractivity contribution is 8.00. The zero-order chi connectivity index (χ0) is 11.6. The summed E-state index contributed by atoms with van der Waals surface area (Å²) in [7, 11) is 0. The van der Waals surface area contributed by atoms with Gasteiger partial charge in [-0.3, -0.25) is 9.59 Å². The van der Waals surface area contributed by atoms with Gasteiger partial charge in [0.05, 0.1) is 7.12 Å². The third kappa shape index (κ3) is 5.68. The molecule has 64 valence electrons. The van der Waals surface area contributed by atoms with Crippen molar-refractivity contribution in [2.24, 2.45) is 5.73 Å². The fraction of sp³-hybridized carbons (Fsp3) is 0.600. The largest absolute Gasteiger partial charge is 0.481 e. The van der Waals surface area contributed by atoms with E-state index in [9.17, 15) is 9.59 Å². The standard InChI is InChI=1S/C5H9NO4S/c6-3(5(9)10)1-11-2-4(7)8/h3H,1-2,6H2,(H,7,8)(H,9,10)/t3-/m0/s1/i1D2,3D. The molecule has 11 heavy (non-hydrogen) atoms. The van der Waals surface area contributed by atoms with Gasteiger partial charge in [-0.05, 0) is 0 Å². The van der Waals surface area contributed by atoms with E-state index in [0.29, 0.717) is 0 Å². The highest BCUT2D eigenvalue weighted by atomic mass is 32.2. The number of hydrogen-bond donors (Lipinski definition) is 3. The Kier molecular flexibility index (Phi) is 2.64. The van der Waals surface area contributed by atoms with E-state index in [1.54, 1.807) is 0 Å². The van der Waals surface area contributed by atoms with Crippen LogP contribution in [0, 0.1) is 0 Å². The highest BCUT2D eigenvalue weighted by Crippen LogP contribution is 2.00. The topological polar surface area (TPSA) is 101 Å². The predicted octanol–water partition coefficient (Wildman–Crippen LogP) is -0.784. The maximum atomic E-state index is 10.4. The van der Waals surface area contributed by atoms with Crippen LogP contribution in [0.3, 0.4) is 0 Å². The predicted molar refractivity (Wildman–Crippen MR) is 40.6 cm³/mol. The summed E-state index contributed by atoms with van der Waals surface area (Å²) < 4.78 is 21.3. The second-order valence-corrected chi connectivity index (χ2v) is 2.28. The second-order valence-electron chi connectivity index (χ2n) is 1.50. The SMILES string of the molecule is [2H]C([2H])(SCC(=O)O)[C@]([2H])(N)C(=O)O. The van der Waals surface area contributed by atoms with Gasteiger partial charge in [-0.2, -0.15) is 0 Å². The molecule has 5 nitrogen and oxygen atoms in total. The molecule has 0 aromatic rings. The van der Waals surface area contributed by atoms with Crippen LogP contribution >= 0.6 is 11.8 Å². The summed E-state index contributed by atoms with van der Waals surface area (Å²) in [5, 5.41) is 16.7. The normalized spacial score (nSPS) is 20.6. The number of thioether (sulfide) groups is 1. The van der Waals surface area contributed by atoms with Crippen molar-refractivity contribution >= 4 is 23.7 Å². The van der Waals surface area contributed by atoms with Gasteiger partial charge in [0.2, 0.25) is 0 Å². The molecule has 1 atom stereocenters. The summed E-state index contributed by atoms with van der Waals surface area (Å²) in [6, 6.07) is -2.87. The molecular weight excluding hydrogens is 170 g/mol. The third-order valence-corrected chi connectivity index (χ3v) is 1.36. The first-order valence-corrected chi connectivity index (χ1v) is 3.48. The molecule has 0 aliphatic rings. The first-order valence-electron chi connectivity index (χ1n) is 3.99. The highest BCUT2D eigenvalue weighted by Gasteiger charge is 2.11. The number of nitrogens with two attached hydrogens (primary N) is 1. The fourth-order valence-corrected chi connectivity index (χ4v) is 0.658. The van der Waals surface area contributed by atoms with E-state index in [4.69, 9.17) is 20.1 Å². The van der Waals surface area contributed by atoms with Crippen molar-refractivity contribution in [3.8, 4) is 0 Å². The van der Waals surface area contributed by atoms with Crippen LogP contribution in [0.5, 0.6) is 0 Å². The van der Waals surface area contributed by atoms with E-state index in [1.165, 1.54) is 0 Å². The Morgan fingerprint density at radius 3 is 2.64 bits per heavy atom. The van der Waals surface area contributed by atoms with Gasteiger partial charge < -0.3 is 15.9 Å². The molecule has 0 aromatic heterocycles. The van der Waals surface area contributed by atoms with Crippen molar-refractivity contribution in [2.45, 2.75) is 6.02 Å². The van der Waals surface area contributed by atoms with Crippen LogP contribution in [-0.4, -0.2) is 39.6 Å². The molecule has 0 unspecified atom stereocenters. The van der Waals surface area contributed by atoms with Gasteiger partial charge in [0.25, 0.3) is 0 Å². The number of rotatable bonds is 5. The Hall–Kier alpha value is -0.750. The third-order valence-electron chi connectivity index (χ3n) is 0.608. The Balaban J connectivity index is 4.59. The lowest BCUT2D eigenvalue weighted by atomic mass is 10.4. The van der Waals surface area contributed by atoms with Crippen molar-refractivity contribution in [3.05, 3.63) is 0 Å². The molecule has 0 bridgehead atoms. The molecule has 0 saturated carbocycles. The van der Waals surface area contributed by atoms with E-state index in [-0.39, 0.29) is 11.8 Å². The molecule has 0 aliphatic carbocycles. The van der Waals surface area contributed by atoms with Crippen LogP contribution in [0.4, 0.5) is 0 Å². The van der Waals surface area contributed by atoms with Gasteiger partial charge in [0.1, 0.15) is 6.02 Å². The molecule has 0 spiro atoms. The van der Waals surface area contributed by atoms with Crippen molar-refractivity contribution in [3.63, 3.8) is 0 Å².